The van der Waals surface area contributed by atoms with Crippen LogP contribution in [0.5, 0.6) is 5.75 Å². The summed E-state index contributed by atoms with van der Waals surface area (Å²) in [5.74, 6) is 0.927. The Bertz CT molecular complexity index is 3150. The number of benzene rings is 7. The zero-order valence-corrected chi connectivity index (χ0v) is 41.0. The van der Waals surface area contributed by atoms with E-state index in [1.54, 1.807) is 0 Å². The maximum Gasteiger partial charge on any atom is 0.148 e. The molecule has 0 unspecified atom stereocenters. The van der Waals surface area contributed by atoms with Gasteiger partial charge in [0.2, 0.25) is 0 Å². The van der Waals surface area contributed by atoms with Gasteiger partial charge < -0.3 is 5.11 Å². The number of aromatic hydroxyl groups is 1. The van der Waals surface area contributed by atoms with E-state index in [1.165, 1.54) is 5.56 Å². The molecule has 0 fully saturated rings. The van der Waals surface area contributed by atoms with Crippen LogP contribution >= 0.6 is 0 Å². The number of phenolic OH excluding ortho intramolecular Hbond substituents is 1. The molecule has 0 bridgehead atoms. The fraction of sp³-hybridized carbons (Fsp3) is 0.200. The molecule has 1 N–H and O–H groups in total. The molecule has 9 aromatic rings. The van der Waals surface area contributed by atoms with Gasteiger partial charge in [0.25, 0.3) is 0 Å². The van der Waals surface area contributed by atoms with Crippen molar-refractivity contribution in [3.63, 3.8) is 0 Å². The first-order valence-electron chi connectivity index (χ1n) is 22.3. The van der Waals surface area contributed by atoms with Crippen LogP contribution in [0.25, 0.3) is 83.9 Å². The van der Waals surface area contributed by atoms with E-state index in [-0.39, 0.29) is 43.1 Å². The summed E-state index contributed by atoms with van der Waals surface area (Å²) in [6.45, 7) is 20.0. The molecule has 0 radical (unpaired) electrons. The zero-order valence-electron chi connectivity index (χ0n) is 38.8. The van der Waals surface area contributed by atoms with Crippen LogP contribution in [0.1, 0.15) is 79.0 Å². The number of pyridine rings is 1. The van der Waals surface area contributed by atoms with Crippen molar-refractivity contribution in [3.8, 4) is 78.6 Å². The molecule has 0 saturated carbocycles. The Balaban J connectivity index is 0.00000576. The molecule has 0 spiro atoms. The van der Waals surface area contributed by atoms with Crippen LogP contribution in [0.2, 0.25) is 0 Å². The summed E-state index contributed by atoms with van der Waals surface area (Å²) in [5, 5.41) is 12.5. The Morgan fingerprint density at radius 1 is 0.477 bits per heavy atom. The maximum atomic E-state index is 12.5. The van der Waals surface area contributed by atoms with Crippen LogP contribution in [0.3, 0.4) is 0 Å². The molecule has 0 aliphatic rings. The van der Waals surface area contributed by atoms with Crippen LogP contribution in [-0.4, -0.2) is 19.6 Å². The Hall–Kier alpha value is -6.35. The summed E-state index contributed by atoms with van der Waals surface area (Å²) in [5.41, 5.74) is 16.2. The molecule has 0 atom stereocenters. The summed E-state index contributed by atoms with van der Waals surface area (Å²) in [6, 6.07) is 61.6. The summed E-state index contributed by atoms with van der Waals surface area (Å²) in [7, 11) is 0. The molecule has 328 valence electrons. The number of hydrogen-bond donors (Lipinski definition) is 1. The van der Waals surface area contributed by atoms with Gasteiger partial charge in [-0.3, -0.25) is 9.55 Å². The number of rotatable bonds is 7. The number of nitrogens with zero attached hydrogens (tertiary/aromatic N) is 3. The second kappa shape index (κ2) is 17.6. The number of phenols is 1. The third-order valence-corrected chi connectivity index (χ3v) is 12.3. The van der Waals surface area contributed by atoms with E-state index in [2.05, 4.69) is 225 Å². The van der Waals surface area contributed by atoms with E-state index < -0.39 is 0 Å². The smallest absolute Gasteiger partial charge is 0.148 e. The minimum atomic E-state index is -0.330. The Morgan fingerprint density at radius 3 is 1.62 bits per heavy atom. The predicted octanol–water partition coefficient (Wildman–Crippen LogP) is 15.8. The van der Waals surface area contributed by atoms with Gasteiger partial charge in [0.05, 0.1) is 16.6 Å². The zero-order chi connectivity index (χ0) is 45.0. The van der Waals surface area contributed by atoms with E-state index in [9.17, 15) is 5.11 Å². The van der Waals surface area contributed by atoms with Gasteiger partial charge in [-0.1, -0.05) is 200 Å². The first-order valence-corrected chi connectivity index (χ1v) is 22.3. The number of imidazole rings is 1. The van der Waals surface area contributed by atoms with Gasteiger partial charge in [0, 0.05) is 44.2 Å². The monoisotopic (exact) mass is 1030 g/mol. The van der Waals surface area contributed by atoms with E-state index >= 15 is 0 Å². The Morgan fingerprint density at radius 2 is 1.03 bits per heavy atom. The maximum absolute atomic E-state index is 12.5. The van der Waals surface area contributed by atoms with Gasteiger partial charge >= 0.3 is 0 Å². The van der Waals surface area contributed by atoms with Crippen molar-refractivity contribution in [2.24, 2.45) is 0 Å². The van der Waals surface area contributed by atoms with Crippen molar-refractivity contribution >= 4 is 11.0 Å². The standard InChI is InChI=1S/C60H56N3O.Pt/c1-58(2,3)47-33-44(41-24-17-12-18-25-41)34-49(36-47)63-54-27-19-26-50(55(54)62-57(63)51-37-48(59(4,5)6)38-52(56(51)64)60(7,8)9)45-30-43(40-22-15-11-16-23-40)31-46(32-45)53-35-42(28-29-61-53)39-20-13-10-14-21-39;/h10-31,33-38,64H,1-9H3;/q-1;. The molecule has 7 aromatic carbocycles. The van der Waals surface area contributed by atoms with Crippen molar-refractivity contribution in [2.45, 2.75) is 78.6 Å². The SMILES string of the molecule is CC(C)(C)c1cc(-c2ccccc2)cc(-n2c(-c3cc(C(C)(C)C)cc(C(C)(C)C)c3O)nc3c(-c4[c-]c(-c5cc(-c6ccccc6)ccn5)cc(-c5ccccc5)c4)cccc32)c1.[Pt]. The van der Waals surface area contributed by atoms with Gasteiger partial charge in [-0.25, -0.2) is 4.98 Å². The quantitative estimate of drug-likeness (QED) is 0.162. The van der Waals surface area contributed by atoms with Gasteiger partial charge in [0.1, 0.15) is 11.6 Å². The minimum absolute atomic E-state index is 0. The predicted molar refractivity (Wildman–Crippen MR) is 268 cm³/mol. The Labute approximate surface area is 399 Å². The molecular formula is C60H56N3OPt-. The molecule has 2 heterocycles. The number of hydrogen-bond acceptors (Lipinski definition) is 3. The third kappa shape index (κ3) is 9.15. The first kappa shape index (κ1) is 45.2. The van der Waals surface area contributed by atoms with Crippen LogP contribution in [0, 0.1) is 6.07 Å². The van der Waals surface area contributed by atoms with E-state index in [4.69, 9.17) is 9.97 Å². The molecule has 5 heteroatoms. The molecule has 65 heavy (non-hydrogen) atoms. The molecule has 0 amide bonds. The van der Waals surface area contributed by atoms with Gasteiger partial charge in [-0.15, -0.1) is 23.8 Å². The summed E-state index contributed by atoms with van der Waals surface area (Å²) < 4.78 is 2.27. The second-order valence-corrected chi connectivity index (χ2v) is 20.1. The minimum Gasteiger partial charge on any atom is -0.507 e. The van der Waals surface area contributed by atoms with E-state index in [0.29, 0.717) is 11.4 Å². The largest absolute Gasteiger partial charge is 0.507 e. The van der Waals surface area contributed by atoms with Gasteiger partial charge in [0.15, 0.2) is 0 Å². The van der Waals surface area contributed by atoms with Crippen molar-refractivity contribution in [3.05, 3.63) is 193 Å². The Kier molecular flexibility index (Phi) is 12.2. The molecule has 4 nitrogen and oxygen atoms in total. The topological polar surface area (TPSA) is 50.9 Å². The van der Waals surface area contributed by atoms with Crippen molar-refractivity contribution in [1.29, 1.82) is 0 Å². The third-order valence-electron chi connectivity index (χ3n) is 12.3. The molecule has 0 saturated heterocycles. The molecule has 9 rings (SSSR count). The average molecular weight is 1030 g/mol. The van der Waals surface area contributed by atoms with Crippen molar-refractivity contribution in [2.75, 3.05) is 0 Å². The van der Waals surface area contributed by atoms with Crippen molar-refractivity contribution < 1.29 is 26.2 Å². The fourth-order valence-electron chi connectivity index (χ4n) is 8.58. The molecular weight excluding hydrogens is 974 g/mol. The summed E-state index contributed by atoms with van der Waals surface area (Å²) in [6.07, 6.45) is 1.88. The van der Waals surface area contributed by atoms with Gasteiger partial charge in [-0.2, -0.15) is 0 Å². The van der Waals surface area contributed by atoms with Crippen LogP contribution in [-0.2, 0) is 37.3 Å². The summed E-state index contributed by atoms with van der Waals surface area (Å²) >= 11 is 0. The van der Waals surface area contributed by atoms with E-state index in [0.717, 1.165) is 83.6 Å². The van der Waals surface area contributed by atoms with Crippen LogP contribution in [0.15, 0.2) is 170 Å². The van der Waals surface area contributed by atoms with Gasteiger partial charge in [-0.05, 0) is 85.5 Å². The van der Waals surface area contributed by atoms with Crippen LogP contribution in [0.4, 0.5) is 0 Å². The number of para-hydroxylation sites is 1. The average Bonchev–Trinajstić information content (AvgIpc) is 3.68. The van der Waals surface area contributed by atoms with Crippen molar-refractivity contribution in [1.82, 2.24) is 14.5 Å². The molecule has 0 aliphatic carbocycles. The second-order valence-electron chi connectivity index (χ2n) is 20.1. The normalized spacial score (nSPS) is 12.0. The van der Waals surface area contributed by atoms with Crippen LogP contribution < -0.4 is 0 Å². The van der Waals surface area contributed by atoms with E-state index in [1.807, 2.05) is 18.3 Å². The summed E-state index contributed by atoms with van der Waals surface area (Å²) in [4.78, 5) is 10.6. The first-order chi connectivity index (χ1) is 30.5. The molecule has 0 aliphatic heterocycles. The molecule has 2 aromatic heterocycles. The number of aromatic nitrogens is 3. The fourth-order valence-corrected chi connectivity index (χ4v) is 8.58. The number of fused-ring (bicyclic) bond motifs is 1.